The summed E-state index contributed by atoms with van der Waals surface area (Å²) in [6, 6.07) is 6.01. The van der Waals surface area contributed by atoms with Crippen molar-refractivity contribution in [2.24, 2.45) is 17.6 Å². The molecule has 0 aromatic heterocycles. The second kappa shape index (κ2) is 5.91. The monoisotopic (exact) mass is 268 g/mol. The van der Waals surface area contributed by atoms with Gasteiger partial charge in [-0.15, -0.1) is 0 Å². The summed E-state index contributed by atoms with van der Waals surface area (Å²) in [5, 5.41) is 4.15. The molecule has 0 aliphatic heterocycles. The molecule has 3 atom stereocenters. The molecule has 1 aromatic rings. The summed E-state index contributed by atoms with van der Waals surface area (Å²) >= 11 is 6.14. The maximum atomic E-state index is 6.14. The highest BCUT2D eigenvalue weighted by Crippen LogP contribution is 2.37. The van der Waals surface area contributed by atoms with E-state index in [1.54, 1.807) is 7.11 Å². The lowest BCUT2D eigenvalue weighted by Gasteiger charge is -2.18. The van der Waals surface area contributed by atoms with E-state index in [1.807, 2.05) is 18.2 Å². The number of nitrogens with one attached hydrogen (secondary N) is 1. The van der Waals surface area contributed by atoms with Gasteiger partial charge in [0.15, 0.2) is 0 Å². The fraction of sp³-hybridized carbons (Fsp3) is 0.571. The van der Waals surface area contributed by atoms with Crippen molar-refractivity contribution in [2.75, 3.05) is 20.2 Å². The molecule has 3 nitrogen and oxygen atoms in total. The minimum absolute atomic E-state index is 0.168. The molecule has 0 heterocycles. The fourth-order valence-corrected chi connectivity index (χ4v) is 2.48. The summed E-state index contributed by atoms with van der Waals surface area (Å²) in [7, 11) is 1.62. The molecule has 3 unspecified atom stereocenters. The van der Waals surface area contributed by atoms with Gasteiger partial charge in [0.1, 0.15) is 5.75 Å². The van der Waals surface area contributed by atoms with Crippen LogP contribution in [-0.2, 0) is 0 Å². The molecule has 4 heteroatoms. The third-order valence-corrected chi connectivity index (χ3v) is 4.01. The summed E-state index contributed by atoms with van der Waals surface area (Å²) < 4.78 is 5.15. The Morgan fingerprint density at radius 1 is 1.56 bits per heavy atom. The highest BCUT2D eigenvalue weighted by Gasteiger charge is 2.32. The minimum Gasteiger partial charge on any atom is -0.495 e. The smallest absolute Gasteiger partial charge is 0.137 e. The van der Waals surface area contributed by atoms with Crippen LogP contribution in [0.5, 0.6) is 5.75 Å². The van der Waals surface area contributed by atoms with Gasteiger partial charge in [-0.1, -0.05) is 24.6 Å². The van der Waals surface area contributed by atoms with Crippen LogP contribution in [0.1, 0.15) is 24.9 Å². The summed E-state index contributed by atoms with van der Waals surface area (Å²) in [6.07, 6.45) is 1.33. The normalized spacial score (nSPS) is 23.8. The zero-order chi connectivity index (χ0) is 13.1. The second-order valence-corrected chi connectivity index (χ2v) is 5.47. The Hall–Kier alpha value is -0.770. The lowest BCUT2D eigenvalue weighted by molar-refractivity contribution is 0.414. The fourth-order valence-electron chi connectivity index (χ4n) is 2.21. The first kappa shape index (κ1) is 13.7. The number of rotatable bonds is 6. The minimum atomic E-state index is 0.168. The number of hydrogen-bond donors (Lipinski definition) is 2. The third kappa shape index (κ3) is 3.16. The summed E-state index contributed by atoms with van der Waals surface area (Å²) in [6.45, 7) is 3.89. The molecule has 1 saturated carbocycles. The van der Waals surface area contributed by atoms with Crippen molar-refractivity contribution in [3.8, 4) is 5.75 Å². The van der Waals surface area contributed by atoms with Gasteiger partial charge >= 0.3 is 0 Å². The standard InChI is InChI=1S/C14H21ClN2O/c1-9-5-11(9)8-17-13(7-16)10-3-4-14(18-2)12(15)6-10/h3-4,6,9,11,13,17H,5,7-8,16H2,1-2H3. The third-order valence-electron chi connectivity index (χ3n) is 3.72. The molecule has 0 bridgehead atoms. The molecular weight excluding hydrogens is 248 g/mol. The lowest BCUT2D eigenvalue weighted by atomic mass is 10.1. The van der Waals surface area contributed by atoms with Crippen LogP contribution >= 0.6 is 11.6 Å². The molecular formula is C14H21ClN2O. The number of ether oxygens (including phenoxy) is 1. The van der Waals surface area contributed by atoms with E-state index >= 15 is 0 Å². The lowest BCUT2D eigenvalue weighted by Crippen LogP contribution is -2.30. The first-order chi connectivity index (χ1) is 8.65. The molecule has 18 heavy (non-hydrogen) atoms. The average molecular weight is 269 g/mol. The summed E-state index contributed by atoms with van der Waals surface area (Å²) in [5.41, 5.74) is 6.95. The van der Waals surface area contributed by atoms with Gasteiger partial charge in [-0.25, -0.2) is 0 Å². The van der Waals surface area contributed by atoms with Crippen LogP contribution in [0.3, 0.4) is 0 Å². The van der Waals surface area contributed by atoms with E-state index in [9.17, 15) is 0 Å². The van der Waals surface area contributed by atoms with Gasteiger partial charge in [0, 0.05) is 12.6 Å². The van der Waals surface area contributed by atoms with Crippen molar-refractivity contribution in [2.45, 2.75) is 19.4 Å². The topological polar surface area (TPSA) is 47.3 Å². The molecule has 0 saturated heterocycles. The van der Waals surface area contributed by atoms with Crippen LogP contribution in [0.15, 0.2) is 18.2 Å². The summed E-state index contributed by atoms with van der Waals surface area (Å²) in [4.78, 5) is 0. The number of halogens is 1. The number of hydrogen-bond acceptors (Lipinski definition) is 3. The molecule has 1 aliphatic rings. The van der Waals surface area contributed by atoms with Crippen LogP contribution in [0, 0.1) is 11.8 Å². The quantitative estimate of drug-likeness (QED) is 0.834. The van der Waals surface area contributed by atoms with Crippen LogP contribution < -0.4 is 15.8 Å². The van der Waals surface area contributed by atoms with Crippen LogP contribution in [0.25, 0.3) is 0 Å². The Bertz CT molecular complexity index is 411. The Morgan fingerprint density at radius 3 is 2.78 bits per heavy atom. The highest BCUT2D eigenvalue weighted by atomic mass is 35.5. The van der Waals surface area contributed by atoms with Crippen molar-refractivity contribution in [3.63, 3.8) is 0 Å². The van der Waals surface area contributed by atoms with Gasteiger partial charge in [-0.3, -0.25) is 0 Å². The number of benzene rings is 1. The molecule has 0 spiro atoms. The first-order valence-corrected chi connectivity index (χ1v) is 6.80. The van der Waals surface area contributed by atoms with E-state index in [1.165, 1.54) is 6.42 Å². The van der Waals surface area contributed by atoms with E-state index in [2.05, 4.69) is 12.2 Å². The van der Waals surface area contributed by atoms with Crippen molar-refractivity contribution in [1.82, 2.24) is 5.32 Å². The van der Waals surface area contributed by atoms with Gasteiger partial charge in [0.2, 0.25) is 0 Å². The number of nitrogens with two attached hydrogens (primary N) is 1. The Labute approximate surface area is 114 Å². The molecule has 0 radical (unpaired) electrons. The predicted octanol–water partition coefficient (Wildman–Crippen LogP) is 2.59. The van der Waals surface area contributed by atoms with Crippen molar-refractivity contribution in [1.29, 1.82) is 0 Å². The summed E-state index contributed by atoms with van der Waals surface area (Å²) in [5.74, 6) is 2.37. The van der Waals surface area contributed by atoms with E-state index < -0.39 is 0 Å². The van der Waals surface area contributed by atoms with Crippen LogP contribution in [0.4, 0.5) is 0 Å². The molecule has 3 N–H and O–H groups in total. The maximum Gasteiger partial charge on any atom is 0.137 e. The van der Waals surface area contributed by atoms with E-state index in [0.29, 0.717) is 17.3 Å². The zero-order valence-corrected chi connectivity index (χ0v) is 11.7. The molecule has 2 rings (SSSR count). The van der Waals surface area contributed by atoms with E-state index in [4.69, 9.17) is 22.1 Å². The predicted molar refractivity (Wildman–Crippen MR) is 75.1 cm³/mol. The van der Waals surface area contributed by atoms with Gasteiger partial charge in [-0.2, -0.15) is 0 Å². The largest absolute Gasteiger partial charge is 0.495 e. The van der Waals surface area contributed by atoms with Gasteiger partial charge in [0.05, 0.1) is 12.1 Å². The van der Waals surface area contributed by atoms with Gasteiger partial charge in [-0.05, 0) is 42.5 Å². The Morgan fingerprint density at radius 2 is 2.28 bits per heavy atom. The van der Waals surface area contributed by atoms with E-state index in [0.717, 1.165) is 23.9 Å². The molecule has 1 fully saturated rings. The first-order valence-electron chi connectivity index (χ1n) is 6.42. The highest BCUT2D eigenvalue weighted by molar-refractivity contribution is 6.32. The Balaban J connectivity index is 2.00. The second-order valence-electron chi connectivity index (χ2n) is 5.06. The molecule has 100 valence electrons. The van der Waals surface area contributed by atoms with Crippen molar-refractivity contribution in [3.05, 3.63) is 28.8 Å². The van der Waals surface area contributed by atoms with E-state index in [-0.39, 0.29) is 6.04 Å². The van der Waals surface area contributed by atoms with Gasteiger partial charge < -0.3 is 15.8 Å². The number of methoxy groups -OCH3 is 1. The molecule has 1 aromatic carbocycles. The Kier molecular flexibility index (Phi) is 4.49. The average Bonchev–Trinajstić information content (AvgIpc) is 3.06. The van der Waals surface area contributed by atoms with Crippen molar-refractivity contribution < 1.29 is 4.74 Å². The SMILES string of the molecule is COc1ccc(C(CN)NCC2CC2C)cc1Cl. The van der Waals surface area contributed by atoms with Crippen molar-refractivity contribution >= 4 is 11.6 Å². The van der Waals surface area contributed by atoms with Crippen LogP contribution in [-0.4, -0.2) is 20.2 Å². The van der Waals surface area contributed by atoms with Gasteiger partial charge in [0.25, 0.3) is 0 Å². The maximum absolute atomic E-state index is 6.14. The zero-order valence-electron chi connectivity index (χ0n) is 10.9. The van der Waals surface area contributed by atoms with Crippen LogP contribution in [0.2, 0.25) is 5.02 Å². The molecule has 1 aliphatic carbocycles. The molecule has 0 amide bonds.